The number of benzene rings is 2. The Labute approximate surface area is 201 Å². The van der Waals surface area contributed by atoms with Gasteiger partial charge >= 0.3 is 6.03 Å². The number of aryl methyl sites for hydroxylation is 1. The van der Waals surface area contributed by atoms with Crippen molar-refractivity contribution < 1.29 is 14.4 Å². The molecule has 1 fully saturated rings. The van der Waals surface area contributed by atoms with E-state index in [0.717, 1.165) is 16.8 Å². The van der Waals surface area contributed by atoms with Crippen LogP contribution in [0.2, 0.25) is 0 Å². The van der Waals surface area contributed by atoms with Gasteiger partial charge in [0, 0.05) is 55.0 Å². The lowest BCUT2D eigenvalue weighted by Crippen LogP contribution is -2.29. The van der Waals surface area contributed by atoms with E-state index >= 15 is 0 Å². The van der Waals surface area contributed by atoms with Crippen molar-refractivity contribution in [1.29, 1.82) is 0 Å². The number of rotatable bonds is 5. The molecule has 2 aromatic carbocycles. The smallest absolute Gasteiger partial charge is 0.324 e. The zero-order valence-electron chi connectivity index (χ0n) is 19.4. The molecule has 1 saturated heterocycles. The number of anilines is 2. The minimum absolute atomic E-state index is 0.00840. The molecule has 2 aromatic heterocycles. The highest BCUT2D eigenvalue weighted by Crippen LogP contribution is 2.28. The summed E-state index contributed by atoms with van der Waals surface area (Å²) in [6.07, 6.45) is 3.80. The molecular weight excluding hydrogens is 444 g/mol. The van der Waals surface area contributed by atoms with Crippen molar-refractivity contribution in [2.45, 2.75) is 6.92 Å². The quantitative estimate of drug-likeness (QED) is 0.466. The van der Waals surface area contributed by atoms with Crippen LogP contribution in [0.5, 0.6) is 0 Å². The van der Waals surface area contributed by atoms with Gasteiger partial charge in [-0.3, -0.25) is 14.5 Å². The van der Waals surface area contributed by atoms with Crippen molar-refractivity contribution in [3.63, 3.8) is 0 Å². The molecule has 1 aliphatic rings. The molecule has 3 N–H and O–H groups in total. The van der Waals surface area contributed by atoms with Crippen molar-refractivity contribution in [3.05, 3.63) is 83.9 Å². The summed E-state index contributed by atoms with van der Waals surface area (Å²) in [5.41, 5.74) is 10.4. The Morgan fingerprint density at radius 2 is 1.77 bits per heavy atom. The van der Waals surface area contributed by atoms with E-state index in [4.69, 9.17) is 5.73 Å². The zero-order chi connectivity index (χ0) is 24.7. The Morgan fingerprint density at radius 1 is 1.00 bits per heavy atom. The molecule has 1 aliphatic heterocycles. The number of carbonyl (C=O) groups excluding carboxylic acids is 3. The van der Waals surface area contributed by atoms with Gasteiger partial charge in [0.2, 0.25) is 5.91 Å². The second-order valence-corrected chi connectivity index (χ2v) is 8.55. The molecule has 9 heteroatoms. The predicted octanol–water partition coefficient (Wildman–Crippen LogP) is 3.53. The van der Waals surface area contributed by atoms with Gasteiger partial charge in [0.25, 0.3) is 5.91 Å². The lowest BCUT2D eigenvalue weighted by molar-refractivity contribution is 0.0995. The molecule has 4 amide bonds. The Hall–Kier alpha value is -4.66. The predicted molar refractivity (Wildman–Crippen MR) is 134 cm³/mol. The van der Waals surface area contributed by atoms with Gasteiger partial charge in [-0.2, -0.15) is 0 Å². The summed E-state index contributed by atoms with van der Waals surface area (Å²) < 4.78 is 1.87. The standard InChI is InChI=1S/C26H24N6O3/c1-16-14-31-15-19(17-6-8-21(9-7-17)32-11-10-30(2)26(32)35)13-22(31)23(28-16)25(34)29-20-5-3-4-18(12-20)24(27)33/h3-9,12-15H,10-11H2,1-2H3,(H2,27,33)(H,29,34). The highest BCUT2D eigenvalue weighted by molar-refractivity contribution is 6.08. The summed E-state index contributed by atoms with van der Waals surface area (Å²) >= 11 is 0. The first-order valence-corrected chi connectivity index (χ1v) is 11.1. The fourth-order valence-corrected chi connectivity index (χ4v) is 4.23. The van der Waals surface area contributed by atoms with Crippen molar-refractivity contribution in [1.82, 2.24) is 14.3 Å². The summed E-state index contributed by atoms with van der Waals surface area (Å²) in [5, 5.41) is 2.80. The molecule has 0 bridgehead atoms. The largest absolute Gasteiger partial charge is 0.366 e. The molecule has 4 aromatic rings. The molecule has 0 atom stereocenters. The van der Waals surface area contributed by atoms with E-state index in [2.05, 4.69) is 10.3 Å². The second-order valence-electron chi connectivity index (χ2n) is 8.55. The number of nitrogens with two attached hydrogens (primary N) is 1. The third-order valence-electron chi connectivity index (χ3n) is 6.05. The van der Waals surface area contributed by atoms with Gasteiger partial charge in [-0.25, -0.2) is 9.78 Å². The number of hydrogen-bond acceptors (Lipinski definition) is 4. The number of likely N-dealkylation sites (N-methyl/N-ethyl adjacent to an activating group) is 1. The maximum Gasteiger partial charge on any atom is 0.324 e. The summed E-state index contributed by atoms with van der Waals surface area (Å²) in [6.45, 7) is 3.19. The number of primary amides is 1. The first-order valence-electron chi connectivity index (χ1n) is 11.1. The molecule has 5 rings (SSSR count). The van der Waals surface area contributed by atoms with Crippen molar-refractivity contribution >= 4 is 34.7 Å². The highest BCUT2D eigenvalue weighted by atomic mass is 16.2. The SMILES string of the molecule is Cc1cn2cc(-c3ccc(N4CCN(C)C4=O)cc3)cc2c(C(=O)Nc2cccc(C(N)=O)c2)n1. The summed E-state index contributed by atoms with van der Waals surface area (Å²) in [7, 11) is 1.79. The Kier molecular flexibility index (Phi) is 5.44. The van der Waals surface area contributed by atoms with E-state index < -0.39 is 11.8 Å². The summed E-state index contributed by atoms with van der Waals surface area (Å²) in [6, 6.07) is 16.1. The van der Waals surface area contributed by atoms with Crippen LogP contribution in [0.3, 0.4) is 0 Å². The monoisotopic (exact) mass is 468 g/mol. The van der Waals surface area contributed by atoms with Crippen molar-refractivity contribution in [3.8, 4) is 11.1 Å². The highest BCUT2D eigenvalue weighted by Gasteiger charge is 2.26. The lowest BCUT2D eigenvalue weighted by Gasteiger charge is -2.16. The topological polar surface area (TPSA) is 113 Å². The molecule has 9 nitrogen and oxygen atoms in total. The maximum atomic E-state index is 13.1. The van der Waals surface area contributed by atoms with Crippen LogP contribution in [-0.4, -0.2) is 52.3 Å². The normalized spacial score (nSPS) is 13.5. The third kappa shape index (κ3) is 4.19. The van der Waals surface area contributed by atoms with Crippen LogP contribution in [-0.2, 0) is 0 Å². The Balaban J connectivity index is 1.45. The minimum Gasteiger partial charge on any atom is -0.366 e. The average molecular weight is 469 g/mol. The lowest BCUT2D eigenvalue weighted by atomic mass is 10.1. The molecule has 0 spiro atoms. The number of hydrogen-bond donors (Lipinski definition) is 2. The van der Waals surface area contributed by atoms with E-state index in [1.54, 1.807) is 35.0 Å². The third-order valence-corrected chi connectivity index (χ3v) is 6.05. The number of amides is 4. The number of fused-ring (bicyclic) bond motifs is 1. The van der Waals surface area contributed by atoms with E-state index in [9.17, 15) is 14.4 Å². The Morgan fingerprint density at radius 3 is 2.46 bits per heavy atom. The van der Waals surface area contributed by atoms with Gasteiger partial charge in [0.05, 0.1) is 11.2 Å². The van der Waals surface area contributed by atoms with Gasteiger partial charge in [-0.15, -0.1) is 0 Å². The molecule has 0 radical (unpaired) electrons. The van der Waals surface area contributed by atoms with Crippen molar-refractivity contribution in [2.75, 3.05) is 30.4 Å². The minimum atomic E-state index is -0.569. The summed E-state index contributed by atoms with van der Waals surface area (Å²) in [5.74, 6) is -0.961. The van der Waals surface area contributed by atoms with E-state index in [1.807, 2.05) is 54.0 Å². The van der Waals surface area contributed by atoms with Gasteiger partial charge in [-0.1, -0.05) is 18.2 Å². The second kappa shape index (κ2) is 8.60. The zero-order valence-corrected chi connectivity index (χ0v) is 19.4. The molecule has 3 heterocycles. The number of aromatic nitrogens is 2. The van der Waals surface area contributed by atoms with Crippen LogP contribution < -0.4 is 16.0 Å². The first kappa shape index (κ1) is 22.1. The van der Waals surface area contributed by atoms with E-state index in [1.165, 1.54) is 6.07 Å². The van der Waals surface area contributed by atoms with Gasteiger partial charge in [0.1, 0.15) is 0 Å². The van der Waals surface area contributed by atoms with Gasteiger partial charge in [0.15, 0.2) is 5.69 Å². The van der Waals surface area contributed by atoms with Crippen LogP contribution in [0, 0.1) is 6.92 Å². The van der Waals surface area contributed by atoms with Crippen molar-refractivity contribution in [2.24, 2.45) is 5.73 Å². The van der Waals surface area contributed by atoms with Gasteiger partial charge < -0.3 is 20.4 Å². The molecule has 176 valence electrons. The number of urea groups is 1. The van der Waals surface area contributed by atoms with E-state index in [0.29, 0.717) is 35.6 Å². The first-order chi connectivity index (χ1) is 16.8. The molecule has 0 aliphatic carbocycles. The number of nitrogens with zero attached hydrogens (tertiary/aromatic N) is 4. The Bertz CT molecular complexity index is 1470. The maximum absolute atomic E-state index is 13.1. The van der Waals surface area contributed by atoms with Crippen LogP contribution in [0.25, 0.3) is 16.6 Å². The molecule has 35 heavy (non-hydrogen) atoms. The fourth-order valence-electron chi connectivity index (χ4n) is 4.23. The molecular formula is C26H24N6O3. The van der Waals surface area contributed by atoms with Crippen LogP contribution in [0.1, 0.15) is 26.5 Å². The van der Waals surface area contributed by atoms with Crippen LogP contribution >= 0.6 is 0 Å². The number of carbonyl (C=O) groups is 3. The van der Waals surface area contributed by atoms with Crippen LogP contribution in [0.15, 0.2) is 67.0 Å². The summed E-state index contributed by atoms with van der Waals surface area (Å²) in [4.78, 5) is 44.8. The van der Waals surface area contributed by atoms with E-state index in [-0.39, 0.29) is 11.7 Å². The van der Waals surface area contributed by atoms with Gasteiger partial charge in [-0.05, 0) is 48.9 Å². The molecule has 0 unspecified atom stereocenters. The number of nitrogens with one attached hydrogen (secondary N) is 1. The molecule has 0 saturated carbocycles. The fraction of sp³-hybridized carbons (Fsp3) is 0.154. The van der Waals surface area contributed by atoms with Crippen LogP contribution in [0.4, 0.5) is 16.2 Å². The average Bonchev–Trinajstić information content (AvgIpc) is 3.42.